The molecule has 2 atom stereocenters. The van der Waals surface area contributed by atoms with Crippen molar-refractivity contribution in [2.45, 2.75) is 103 Å². The van der Waals surface area contributed by atoms with Gasteiger partial charge in [0.25, 0.3) is 6.47 Å². The van der Waals surface area contributed by atoms with Crippen LogP contribution in [0.25, 0.3) is 0 Å². The smallest absolute Gasteiger partial charge is 0.333 e. The number of unbranched alkanes of at least 4 members (excludes halogenated alkanes) is 13. The van der Waals surface area contributed by atoms with Crippen molar-refractivity contribution in [1.29, 1.82) is 0 Å². The predicted molar refractivity (Wildman–Crippen MR) is 125 cm³/mol. The third kappa shape index (κ3) is 22.5. The minimum absolute atomic E-state index is 0.0667. The van der Waals surface area contributed by atoms with Crippen molar-refractivity contribution >= 4 is 14.1 Å². The van der Waals surface area contributed by atoms with Crippen LogP contribution in [0, 0.1) is 0 Å². The summed E-state index contributed by atoms with van der Waals surface area (Å²) in [5.74, 6) is 0. The Hall–Kier alpha value is -0.460. The monoisotopic (exact) mass is 466 g/mol. The molecule has 0 aliphatic rings. The largest absolute Gasteiger partial charge is 0.460 e. The Kier molecular flexibility index (Phi) is 22.4. The third-order valence-electron chi connectivity index (χ3n) is 5.36. The van der Waals surface area contributed by atoms with Crippen molar-refractivity contribution in [3.05, 3.63) is 0 Å². The highest BCUT2D eigenvalue weighted by Gasteiger charge is 2.22. The molecular weight excluding hydrogens is 417 g/mol. The topological polar surface area (TPSA) is 98.7 Å². The highest BCUT2D eigenvalue weighted by Crippen LogP contribution is 2.40. The predicted octanol–water partition coefficient (Wildman–Crippen LogP) is 4.42. The maximum absolute atomic E-state index is 11.8. The Labute approximate surface area is 190 Å². The molecule has 3 N–H and O–H groups in total. The average Bonchev–Trinajstić information content (AvgIpc) is 2.75. The second-order valence-electron chi connectivity index (χ2n) is 8.38. The Bertz CT molecular complexity index is 438. The first-order valence-electron chi connectivity index (χ1n) is 12.5. The number of ether oxygens (including phenoxy) is 2. The molecular formula is C23H49NO6P+. The van der Waals surface area contributed by atoms with Gasteiger partial charge in [0.1, 0.15) is 6.10 Å². The van der Waals surface area contributed by atoms with Crippen LogP contribution in [0.5, 0.6) is 0 Å². The van der Waals surface area contributed by atoms with Crippen LogP contribution >= 0.6 is 7.60 Å². The van der Waals surface area contributed by atoms with E-state index in [-0.39, 0.29) is 19.4 Å². The van der Waals surface area contributed by atoms with E-state index in [9.17, 15) is 14.3 Å². The molecule has 0 bridgehead atoms. The maximum atomic E-state index is 11.8. The van der Waals surface area contributed by atoms with Crippen LogP contribution < -0.4 is 5.32 Å². The standard InChI is InChI=1S/C23H48NO6P/c1-3-4-5-6-7-8-9-10-11-12-13-14-15-16-18-28-20-23(29-22-25)21-30-31(26,27)19-17-24-2/h22-24H,3-21H2,1-2H3,(H,26,27)/p+1. The van der Waals surface area contributed by atoms with Gasteiger partial charge in [0.15, 0.2) is 0 Å². The van der Waals surface area contributed by atoms with Crippen molar-refractivity contribution in [3.63, 3.8) is 0 Å². The highest BCUT2D eigenvalue weighted by molar-refractivity contribution is 7.52. The van der Waals surface area contributed by atoms with Crippen LogP contribution in [-0.2, 0) is 23.4 Å². The molecule has 0 aromatic carbocycles. The van der Waals surface area contributed by atoms with Crippen LogP contribution in [-0.4, -0.2) is 57.0 Å². The zero-order valence-electron chi connectivity index (χ0n) is 20.1. The van der Waals surface area contributed by atoms with E-state index in [1.54, 1.807) is 0 Å². The Morgan fingerprint density at radius 3 is 1.87 bits per heavy atom. The molecule has 31 heavy (non-hydrogen) atoms. The molecule has 0 heterocycles. The number of rotatable bonds is 25. The summed E-state index contributed by atoms with van der Waals surface area (Å²) in [6, 6.07) is 0. The highest BCUT2D eigenvalue weighted by atomic mass is 31.2. The maximum Gasteiger partial charge on any atom is 0.333 e. The first kappa shape index (κ1) is 30.5. The first-order chi connectivity index (χ1) is 15.1. The van der Waals surface area contributed by atoms with E-state index in [1.807, 2.05) is 12.4 Å². The Morgan fingerprint density at radius 2 is 1.39 bits per heavy atom. The van der Waals surface area contributed by atoms with E-state index in [0.717, 1.165) is 12.8 Å². The Balaban J connectivity index is 3.51. The number of nitrogens with two attached hydrogens (primary N) is 1. The molecule has 0 saturated heterocycles. The van der Waals surface area contributed by atoms with E-state index < -0.39 is 13.7 Å². The summed E-state index contributed by atoms with van der Waals surface area (Å²) in [5.41, 5.74) is 0. The van der Waals surface area contributed by atoms with Crippen molar-refractivity contribution in [3.8, 4) is 0 Å². The molecule has 0 radical (unpaired) electrons. The van der Waals surface area contributed by atoms with E-state index in [0.29, 0.717) is 19.6 Å². The lowest BCUT2D eigenvalue weighted by atomic mass is 10.0. The van der Waals surface area contributed by atoms with Gasteiger partial charge in [-0.2, -0.15) is 0 Å². The molecule has 0 rings (SSSR count). The minimum atomic E-state index is -3.65. The van der Waals surface area contributed by atoms with Gasteiger partial charge < -0.3 is 24.2 Å². The van der Waals surface area contributed by atoms with Crippen LogP contribution in [0.15, 0.2) is 0 Å². The van der Waals surface area contributed by atoms with Crippen LogP contribution in [0.2, 0.25) is 0 Å². The van der Waals surface area contributed by atoms with Crippen LogP contribution in [0.1, 0.15) is 96.8 Å². The van der Waals surface area contributed by atoms with Crippen molar-refractivity contribution in [1.82, 2.24) is 0 Å². The molecule has 0 aliphatic carbocycles. The van der Waals surface area contributed by atoms with Gasteiger partial charge in [0.05, 0.1) is 33.0 Å². The minimum Gasteiger partial charge on any atom is -0.460 e. The number of quaternary nitrogens is 1. The van der Waals surface area contributed by atoms with Crippen molar-refractivity contribution in [2.75, 3.05) is 39.6 Å². The lowest BCUT2D eigenvalue weighted by molar-refractivity contribution is -0.622. The second kappa shape index (κ2) is 22.7. The second-order valence-corrected chi connectivity index (χ2v) is 10.4. The lowest BCUT2D eigenvalue weighted by Gasteiger charge is -2.18. The van der Waals surface area contributed by atoms with Crippen molar-refractivity contribution < 1.29 is 33.6 Å². The van der Waals surface area contributed by atoms with E-state index in [4.69, 9.17) is 14.0 Å². The summed E-state index contributed by atoms with van der Waals surface area (Å²) in [5, 5.41) is 1.81. The van der Waals surface area contributed by atoms with Gasteiger partial charge in [0, 0.05) is 6.61 Å². The fourth-order valence-corrected chi connectivity index (χ4v) is 4.49. The van der Waals surface area contributed by atoms with Crippen LogP contribution in [0.3, 0.4) is 0 Å². The zero-order chi connectivity index (χ0) is 23.0. The number of hydrogen-bond acceptors (Lipinski definition) is 5. The van der Waals surface area contributed by atoms with Gasteiger partial charge >= 0.3 is 7.60 Å². The summed E-state index contributed by atoms with van der Waals surface area (Å²) in [6.07, 6.45) is 17.8. The van der Waals surface area contributed by atoms with Crippen LogP contribution in [0.4, 0.5) is 0 Å². The fraction of sp³-hybridized carbons (Fsp3) is 0.957. The van der Waals surface area contributed by atoms with E-state index in [2.05, 4.69) is 6.92 Å². The molecule has 8 heteroatoms. The number of carbonyl (C=O) groups excluding carboxylic acids is 1. The van der Waals surface area contributed by atoms with Gasteiger partial charge in [-0.25, -0.2) is 0 Å². The summed E-state index contributed by atoms with van der Waals surface area (Å²) in [7, 11) is -1.82. The summed E-state index contributed by atoms with van der Waals surface area (Å²) >= 11 is 0. The molecule has 7 nitrogen and oxygen atoms in total. The van der Waals surface area contributed by atoms with E-state index in [1.165, 1.54) is 77.0 Å². The molecule has 0 aromatic rings. The average molecular weight is 467 g/mol. The molecule has 0 aromatic heterocycles. The quantitative estimate of drug-likeness (QED) is 0.117. The molecule has 0 fully saturated rings. The molecule has 0 spiro atoms. The summed E-state index contributed by atoms with van der Waals surface area (Å²) < 4.78 is 27.3. The first-order valence-corrected chi connectivity index (χ1v) is 14.2. The van der Waals surface area contributed by atoms with Crippen molar-refractivity contribution in [2.24, 2.45) is 0 Å². The van der Waals surface area contributed by atoms with Gasteiger partial charge in [0.2, 0.25) is 0 Å². The van der Waals surface area contributed by atoms with Gasteiger partial charge in [-0.15, -0.1) is 0 Å². The molecule has 0 saturated carbocycles. The van der Waals surface area contributed by atoms with Gasteiger partial charge in [-0.1, -0.05) is 90.4 Å². The van der Waals surface area contributed by atoms with Gasteiger partial charge in [-0.05, 0) is 6.42 Å². The third-order valence-corrected chi connectivity index (χ3v) is 6.73. The summed E-state index contributed by atoms with van der Waals surface area (Å²) in [6.45, 7) is 3.73. The molecule has 2 unspecified atom stereocenters. The number of hydrogen-bond donors (Lipinski definition) is 2. The van der Waals surface area contributed by atoms with Gasteiger partial charge in [-0.3, -0.25) is 9.36 Å². The normalized spacial score (nSPS) is 14.3. The zero-order valence-corrected chi connectivity index (χ0v) is 21.0. The molecule has 186 valence electrons. The molecule has 0 amide bonds. The van der Waals surface area contributed by atoms with E-state index >= 15 is 0 Å². The Morgan fingerprint density at radius 1 is 0.871 bits per heavy atom. The number of carbonyl (C=O) groups is 1. The lowest BCUT2D eigenvalue weighted by Crippen LogP contribution is -2.80. The molecule has 0 aliphatic heterocycles. The summed E-state index contributed by atoms with van der Waals surface area (Å²) in [4.78, 5) is 20.3. The SMILES string of the molecule is CCCCCCCCCCCCCCCCOCC(COP(=O)(O)CC[NH2+]C)OC=O. The fourth-order valence-electron chi connectivity index (χ4n) is 3.38.